The lowest BCUT2D eigenvalue weighted by molar-refractivity contribution is 1.01. The number of rotatable bonds is 6. The predicted octanol–water partition coefficient (Wildman–Crippen LogP) is 7.05. The highest BCUT2D eigenvalue weighted by molar-refractivity contribution is 6.32. The zero-order valence-corrected chi connectivity index (χ0v) is 19.6. The smallest absolute Gasteiger partial charge is 0.223 e. The number of aromatic amines is 1. The molecule has 5 rings (SSSR count). The molecule has 0 bridgehead atoms. The average Bonchev–Trinajstić information content (AvgIpc) is 3.13. The van der Waals surface area contributed by atoms with Crippen molar-refractivity contribution in [2.75, 3.05) is 22.9 Å². The van der Waals surface area contributed by atoms with Crippen molar-refractivity contribution in [1.82, 2.24) is 15.0 Å². The summed E-state index contributed by atoms with van der Waals surface area (Å²) in [5, 5.41) is 10.6. The number of benzene rings is 3. The van der Waals surface area contributed by atoms with Crippen LogP contribution in [0.3, 0.4) is 0 Å². The first-order chi connectivity index (χ1) is 15.9. The Kier molecular flexibility index (Phi) is 5.89. The summed E-state index contributed by atoms with van der Waals surface area (Å²) in [4.78, 5) is 11.6. The maximum Gasteiger partial charge on any atom is 0.223 e. The van der Waals surface area contributed by atoms with Crippen LogP contribution in [0.15, 0.2) is 60.7 Å². The first-order valence-electron chi connectivity index (χ1n) is 10.2. The molecule has 33 heavy (non-hydrogen) atoms. The van der Waals surface area contributed by atoms with Gasteiger partial charge in [0.25, 0.3) is 0 Å². The molecule has 5 aromatic rings. The number of nitrogens with one attached hydrogen (secondary N) is 3. The Bertz CT molecular complexity index is 1440. The average molecular weight is 498 g/mol. The molecule has 6 nitrogen and oxygen atoms in total. The minimum atomic E-state index is 0.133. The third-order valence-corrected chi connectivity index (χ3v) is 5.98. The quantitative estimate of drug-likeness (QED) is 0.189. The molecule has 3 aromatic carbocycles. The van der Waals surface area contributed by atoms with Crippen molar-refractivity contribution >= 4 is 79.7 Å². The number of anilines is 4. The van der Waals surface area contributed by atoms with E-state index in [0.29, 0.717) is 27.6 Å². The number of fused-ring (bicyclic) bond motifs is 3. The molecule has 0 saturated heterocycles. The Morgan fingerprint density at radius 3 is 2.39 bits per heavy atom. The summed E-state index contributed by atoms with van der Waals surface area (Å²) < 4.78 is 0. The molecule has 0 fully saturated rings. The van der Waals surface area contributed by atoms with Gasteiger partial charge < -0.3 is 21.4 Å². The maximum atomic E-state index is 6.29. The van der Waals surface area contributed by atoms with Crippen LogP contribution in [-0.4, -0.2) is 21.5 Å². The third kappa shape index (κ3) is 4.78. The lowest BCUT2D eigenvalue weighted by Gasteiger charge is -2.12. The van der Waals surface area contributed by atoms with E-state index in [2.05, 4.69) is 37.7 Å². The van der Waals surface area contributed by atoms with Crippen LogP contribution in [0, 0.1) is 0 Å². The summed E-state index contributed by atoms with van der Waals surface area (Å²) in [5.41, 5.74) is 10.8. The van der Waals surface area contributed by atoms with Crippen molar-refractivity contribution in [3.05, 3.63) is 81.4 Å². The van der Waals surface area contributed by atoms with Crippen LogP contribution in [0.2, 0.25) is 15.2 Å². The summed E-state index contributed by atoms with van der Waals surface area (Å²) in [5.74, 6) is 0.719. The predicted molar refractivity (Wildman–Crippen MR) is 139 cm³/mol. The molecule has 166 valence electrons. The third-order valence-electron chi connectivity index (χ3n) is 5.30. The molecule has 2 heterocycles. The van der Waals surface area contributed by atoms with E-state index in [1.54, 1.807) is 6.07 Å². The summed E-state index contributed by atoms with van der Waals surface area (Å²) in [6.45, 7) is 0.627. The number of nitrogens with zero attached hydrogens (tertiary/aromatic N) is 2. The van der Waals surface area contributed by atoms with Gasteiger partial charge >= 0.3 is 0 Å². The monoisotopic (exact) mass is 496 g/mol. The number of nitrogen functional groups attached to an aromatic ring is 1. The second-order valence-electron chi connectivity index (χ2n) is 7.62. The molecule has 9 heteroatoms. The highest BCUT2D eigenvalue weighted by Gasteiger charge is 2.12. The lowest BCUT2D eigenvalue weighted by atomic mass is 10.0. The van der Waals surface area contributed by atoms with Crippen LogP contribution in [-0.2, 0) is 6.42 Å². The highest BCUT2D eigenvalue weighted by atomic mass is 35.5. The number of hydrogen-bond donors (Lipinski definition) is 4. The van der Waals surface area contributed by atoms with Crippen LogP contribution in [0.25, 0.3) is 21.8 Å². The van der Waals surface area contributed by atoms with Gasteiger partial charge in [0.05, 0.1) is 0 Å². The topological polar surface area (TPSA) is 91.6 Å². The van der Waals surface area contributed by atoms with Crippen molar-refractivity contribution in [2.24, 2.45) is 0 Å². The van der Waals surface area contributed by atoms with Crippen molar-refractivity contribution in [1.29, 1.82) is 0 Å². The van der Waals surface area contributed by atoms with Gasteiger partial charge in [0.1, 0.15) is 11.0 Å². The van der Waals surface area contributed by atoms with Gasteiger partial charge in [0.2, 0.25) is 5.95 Å². The summed E-state index contributed by atoms with van der Waals surface area (Å²) in [6.07, 6.45) is 0.731. The van der Waals surface area contributed by atoms with E-state index in [9.17, 15) is 0 Å². The van der Waals surface area contributed by atoms with Crippen molar-refractivity contribution in [3.63, 3.8) is 0 Å². The number of H-pyrrole nitrogens is 1. The van der Waals surface area contributed by atoms with Crippen LogP contribution in [0.4, 0.5) is 23.1 Å². The molecule has 0 aliphatic carbocycles. The Hall–Kier alpha value is -3.19. The molecular formula is C24H19Cl3N6. The second kappa shape index (κ2) is 8.98. The molecule has 0 spiro atoms. The van der Waals surface area contributed by atoms with E-state index in [4.69, 9.17) is 40.5 Å². The minimum absolute atomic E-state index is 0.133. The maximum absolute atomic E-state index is 6.29. The van der Waals surface area contributed by atoms with Gasteiger partial charge in [-0.05, 0) is 66.6 Å². The highest BCUT2D eigenvalue weighted by Crippen LogP contribution is 2.33. The minimum Gasteiger partial charge on any atom is -0.370 e. The Morgan fingerprint density at radius 1 is 0.818 bits per heavy atom. The van der Waals surface area contributed by atoms with Gasteiger partial charge in [0, 0.05) is 55.8 Å². The fraction of sp³-hybridized carbons (Fsp3) is 0.0833. The lowest BCUT2D eigenvalue weighted by Crippen LogP contribution is -2.08. The zero-order chi connectivity index (χ0) is 22.9. The van der Waals surface area contributed by atoms with Gasteiger partial charge in [-0.3, -0.25) is 0 Å². The van der Waals surface area contributed by atoms with Crippen LogP contribution >= 0.6 is 34.8 Å². The standard InChI is InChI=1S/C24H19Cl3N6/c25-14-1-4-16(5-2-14)30-17-9-13(7-8-29-22-12-21(27)32-24(28)33-22)23-19(11-17)18-10-15(26)3-6-20(18)31-23/h1-6,9-12,30-31H,7-8H2,(H3,28,29,32,33). The van der Waals surface area contributed by atoms with Crippen molar-refractivity contribution in [3.8, 4) is 0 Å². The van der Waals surface area contributed by atoms with E-state index >= 15 is 0 Å². The van der Waals surface area contributed by atoms with E-state index < -0.39 is 0 Å². The summed E-state index contributed by atoms with van der Waals surface area (Å²) in [7, 11) is 0. The Labute approximate surface area is 205 Å². The number of nitrogens with two attached hydrogens (primary N) is 1. The molecule has 0 unspecified atom stereocenters. The zero-order valence-electron chi connectivity index (χ0n) is 17.3. The second-order valence-corrected chi connectivity index (χ2v) is 8.88. The Balaban J connectivity index is 1.50. The Morgan fingerprint density at radius 2 is 1.61 bits per heavy atom. The van der Waals surface area contributed by atoms with Crippen LogP contribution in [0.1, 0.15) is 5.56 Å². The number of hydrogen-bond acceptors (Lipinski definition) is 5. The molecule has 2 aromatic heterocycles. The van der Waals surface area contributed by atoms with E-state index in [0.717, 1.165) is 45.2 Å². The van der Waals surface area contributed by atoms with Gasteiger partial charge in [0.15, 0.2) is 0 Å². The molecule has 0 radical (unpaired) electrons. The SMILES string of the molecule is Nc1nc(Cl)cc(NCCc2cc(Nc3ccc(Cl)cc3)cc3c2[nH]c2ccc(Cl)cc23)n1. The molecule has 5 N–H and O–H groups in total. The number of aromatic nitrogens is 3. The largest absolute Gasteiger partial charge is 0.370 e. The van der Waals surface area contributed by atoms with Crippen molar-refractivity contribution in [2.45, 2.75) is 6.42 Å². The number of halogens is 3. The fourth-order valence-corrected chi connectivity index (χ4v) is 4.35. The van der Waals surface area contributed by atoms with E-state index in [1.165, 1.54) is 0 Å². The van der Waals surface area contributed by atoms with Crippen molar-refractivity contribution < 1.29 is 0 Å². The normalized spacial score (nSPS) is 11.2. The van der Waals surface area contributed by atoms with Gasteiger partial charge in [-0.1, -0.05) is 34.8 Å². The molecule has 0 aliphatic rings. The molecular weight excluding hydrogens is 479 g/mol. The van der Waals surface area contributed by atoms with E-state index in [1.807, 2.05) is 42.5 Å². The molecule has 0 saturated carbocycles. The van der Waals surface area contributed by atoms with Gasteiger partial charge in [-0.25, -0.2) is 4.98 Å². The fourth-order valence-electron chi connectivity index (χ4n) is 3.87. The van der Waals surface area contributed by atoms with E-state index in [-0.39, 0.29) is 5.95 Å². The summed E-state index contributed by atoms with van der Waals surface area (Å²) in [6, 6.07) is 19.4. The van der Waals surface area contributed by atoms with Gasteiger partial charge in [-0.2, -0.15) is 4.98 Å². The van der Waals surface area contributed by atoms with Crippen LogP contribution < -0.4 is 16.4 Å². The molecule has 0 atom stereocenters. The first-order valence-corrected chi connectivity index (χ1v) is 11.4. The first kappa shape index (κ1) is 21.6. The molecule has 0 aliphatic heterocycles. The molecule has 0 amide bonds. The van der Waals surface area contributed by atoms with Gasteiger partial charge in [-0.15, -0.1) is 0 Å². The summed E-state index contributed by atoms with van der Waals surface area (Å²) >= 11 is 18.3. The van der Waals surface area contributed by atoms with Crippen LogP contribution in [0.5, 0.6) is 0 Å².